The number of hydrogen-bond donors (Lipinski definition) is 1. The molecule has 0 saturated carbocycles. The zero-order chi connectivity index (χ0) is 3.58. The lowest BCUT2D eigenvalue weighted by atomic mass is 13.1. The first-order valence-electron chi connectivity index (χ1n) is 0.565. The minimum Gasteiger partial charge on any atom is -0.412 e. The van der Waals surface area contributed by atoms with E-state index in [0.717, 1.165) is 0 Å². The van der Waals surface area contributed by atoms with Crippen molar-refractivity contribution in [2.24, 2.45) is 0 Å². The molecule has 9 nitrogen and oxygen atoms in total. The average Bonchev–Trinajstić information content (AvgIpc) is 0.811. The van der Waals surface area contributed by atoms with Gasteiger partial charge in [0, 0.05) is 0 Å². The van der Waals surface area contributed by atoms with Gasteiger partial charge in [-0.2, -0.15) is 0 Å². The maximum atomic E-state index is 8.36. The van der Waals surface area contributed by atoms with Crippen LogP contribution in [-0.4, -0.2) is 37.7 Å². The Balaban J connectivity index is -0.00000000450. The van der Waals surface area contributed by atoms with Crippen molar-refractivity contribution >= 4 is 0 Å². The zero-order valence-corrected chi connectivity index (χ0v) is 4.21. The summed E-state index contributed by atoms with van der Waals surface area (Å²) in [7, 11) is 0. The minimum absolute atomic E-state index is 0. The fraction of sp³-hybridized carbons (Fsp3) is 0. The first-order chi connectivity index (χ1) is 1.73. The Hall–Kier alpha value is -1.00. The monoisotopic (exact) mass is 153 g/mol. The van der Waals surface area contributed by atoms with Crippen LogP contribution in [0.15, 0.2) is 0 Å². The number of rotatable bonds is 0. The smallest absolute Gasteiger partial charge is 0.291 e. The van der Waals surface area contributed by atoms with Crippen LogP contribution < -0.4 is 0 Å². The average molecular weight is 153 g/mol. The van der Waals surface area contributed by atoms with Crippen molar-refractivity contribution in [1.82, 2.24) is 0 Å². The fourth-order valence-corrected chi connectivity index (χ4v) is 0. The van der Waals surface area contributed by atoms with Gasteiger partial charge in [0.15, 0.2) is 0 Å². The molecule has 0 fully saturated rings. The molecule has 0 unspecified atom stereocenters. The summed E-state index contributed by atoms with van der Waals surface area (Å²) in [5, 5.41) is 13.6. The summed E-state index contributed by atoms with van der Waals surface area (Å²) in [5.74, 6) is 0. The van der Waals surface area contributed by atoms with E-state index in [-0.39, 0.29) is 27.4 Å². The van der Waals surface area contributed by atoms with Crippen molar-refractivity contribution in [3.8, 4) is 0 Å². The quantitative estimate of drug-likeness (QED) is 0.268. The van der Waals surface area contributed by atoms with Crippen LogP contribution >= 0.6 is 0 Å². The van der Waals surface area contributed by atoms with E-state index < -0.39 is 5.09 Å². The molecule has 0 saturated heterocycles. The summed E-state index contributed by atoms with van der Waals surface area (Å²) >= 11 is 0. The molecule has 0 aliphatic rings. The molecule has 0 spiro atoms. The molecule has 0 aliphatic heterocycles. The van der Waals surface area contributed by atoms with Gasteiger partial charge in [-0.25, -0.2) is 0 Å². The molecule has 64 valence electrons. The molecule has 0 aromatic carbocycles. The second-order valence-corrected chi connectivity index (χ2v) is 0.238. The Morgan fingerprint density at radius 2 is 1.00 bits per heavy atom. The van der Waals surface area contributed by atoms with Gasteiger partial charge in [-0.05, 0) is 0 Å². The standard InChI is InChI=1S/HNO3.5H2O/c2-1(3)4;;;;;/h(H,2,3,4);5*1H2. The van der Waals surface area contributed by atoms with E-state index in [0.29, 0.717) is 0 Å². The summed E-state index contributed by atoms with van der Waals surface area (Å²) in [6.07, 6.45) is 0. The van der Waals surface area contributed by atoms with Crippen LogP contribution in [0.25, 0.3) is 0 Å². The molecule has 9 heteroatoms. The Morgan fingerprint density at radius 1 is 1.00 bits per heavy atom. The van der Waals surface area contributed by atoms with Gasteiger partial charge in [0.1, 0.15) is 0 Å². The van der Waals surface area contributed by atoms with Crippen LogP contribution in [0.1, 0.15) is 0 Å². The molecule has 0 aliphatic carbocycles. The van der Waals surface area contributed by atoms with Crippen molar-refractivity contribution in [2.45, 2.75) is 0 Å². The highest BCUT2D eigenvalue weighted by atomic mass is 16.9. The van der Waals surface area contributed by atoms with Crippen LogP contribution in [0.3, 0.4) is 0 Å². The molecule has 0 atom stereocenters. The first kappa shape index (κ1) is 98.0. The van der Waals surface area contributed by atoms with Crippen LogP contribution in [0.5, 0.6) is 0 Å². The van der Waals surface area contributed by atoms with E-state index in [2.05, 4.69) is 0 Å². The maximum Gasteiger partial charge on any atom is 0.291 e. The zero-order valence-electron chi connectivity index (χ0n) is 4.21. The van der Waals surface area contributed by atoms with E-state index in [4.69, 9.17) is 15.3 Å². The Bertz CT molecular complexity index is 27.5. The van der Waals surface area contributed by atoms with Crippen molar-refractivity contribution in [3.63, 3.8) is 0 Å². The highest BCUT2D eigenvalue weighted by Gasteiger charge is 1.65. The third-order valence-corrected chi connectivity index (χ3v) is 0. The Morgan fingerprint density at radius 3 is 1.00 bits per heavy atom. The predicted octanol–water partition coefficient (Wildman–Crippen LogP) is -4.47. The second-order valence-electron chi connectivity index (χ2n) is 0.238. The van der Waals surface area contributed by atoms with Gasteiger partial charge < -0.3 is 32.6 Å². The first-order valence-corrected chi connectivity index (χ1v) is 0.565. The SMILES string of the molecule is O.O.O.O.O.O=[N+]([O-])O. The van der Waals surface area contributed by atoms with Crippen molar-refractivity contribution in [1.29, 1.82) is 0 Å². The summed E-state index contributed by atoms with van der Waals surface area (Å²) in [4.78, 5) is 8.36. The van der Waals surface area contributed by atoms with Crippen LogP contribution in [0.2, 0.25) is 0 Å². The van der Waals surface area contributed by atoms with E-state index in [1.165, 1.54) is 0 Å². The van der Waals surface area contributed by atoms with Crippen molar-refractivity contribution in [3.05, 3.63) is 10.1 Å². The largest absolute Gasteiger partial charge is 0.412 e. The molecular formula is H11NO8. The van der Waals surface area contributed by atoms with Gasteiger partial charge in [0.2, 0.25) is 0 Å². The van der Waals surface area contributed by atoms with E-state index >= 15 is 0 Å². The highest BCUT2D eigenvalue weighted by molar-refractivity contribution is 3.83. The van der Waals surface area contributed by atoms with E-state index in [1.54, 1.807) is 0 Å². The second kappa shape index (κ2) is 63.0. The van der Waals surface area contributed by atoms with E-state index in [1.807, 2.05) is 0 Å². The van der Waals surface area contributed by atoms with Crippen molar-refractivity contribution in [2.75, 3.05) is 0 Å². The van der Waals surface area contributed by atoms with Gasteiger partial charge in [-0.3, -0.25) is 0 Å². The molecular weight excluding hydrogens is 142 g/mol. The molecule has 0 aromatic heterocycles. The Labute approximate surface area is 49.2 Å². The third kappa shape index (κ3) is 175. The van der Waals surface area contributed by atoms with E-state index in [9.17, 15) is 0 Å². The van der Waals surface area contributed by atoms with Crippen molar-refractivity contribution < 1.29 is 37.7 Å². The molecule has 9 heavy (non-hydrogen) atoms. The van der Waals surface area contributed by atoms with Crippen LogP contribution in [0, 0.1) is 10.1 Å². The van der Waals surface area contributed by atoms with Gasteiger partial charge in [0.25, 0.3) is 5.09 Å². The van der Waals surface area contributed by atoms with Gasteiger partial charge in [-0.15, -0.1) is 10.1 Å². The topological polar surface area (TPSA) is 221 Å². The minimum atomic E-state index is -1.50. The summed E-state index contributed by atoms with van der Waals surface area (Å²) in [6, 6.07) is 0. The maximum absolute atomic E-state index is 8.36. The van der Waals surface area contributed by atoms with Gasteiger partial charge in [-0.1, -0.05) is 0 Å². The molecule has 0 radical (unpaired) electrons. The summed E-state index contributed by atoms with van der Waals surface area (Å²) in [6.45, 7) is 0. The Kier molecular flexibility index (Phi) is 686. The lowest BCUT2D eigenvalue weighted by molar-refractivity contribution is -0.742. The molecule has 0 rings (SSSR count). The van der Waals surface area contributed by atoms with Crippen LogP contribution in [-0.2, 0) is 0 Å². The molecule has 0 heterocycles. The third-order valence-electron chi connectivity index (χ3n) is 0. The molecule has 11 N–H and O–H groups in total. The lowest BCUT2D eigenvalue weighted by Gasteiger charge is -1.56. The van der Waals surface area contributed by atoms with Crippen LogP contribution in [0.4, 0.5) is 0 Å². The number of hydrogen-bond acceptors (Lipinski definition) is 2. The molecule has 0 bridgehead atoms. The molecule has 0 aromatic rings. The molecule has 0 amide bonds. The summed E-state index contributed by atoms with van der Waals surface area (Å²) in [5.41, 5.74) is 0. The highest BCUT2D eigenvalue weighted by Crippen LogP contribution is 1.38. The normalized spacial score (nSPS) is 2.67. The number of nitrogens with zero attached hydrogens (tertiary/aromatic N) is 1. The predicted molar refractivity (Wildman–Crippen MR) is 26.8 cm³/mol. The summed E-state index contributed by atoms with van der Waals surface area (Å²) < 4.78 is 0. The van der Waals surface area contributed by atoms with Gasteiger partial charge >= 0.3 is 0 Å². The lowest BCUT2D eigenvalue weighted by Crippen LogP contribution is -1.81. The fourth-order valence-electron chi connectivity index (χ4n) is 0. The van der Waals surface area contributed by atoms with Gasteiger partial charge in [0.05, 0.1) is 0 Å².